The molecule has 2 aliphatic rings. The first-order valence-corrected chi connectivity index (χ1v) is 7.34. The van der Waals surface area contributed by atoms with E-state index in [0.29, 0.717) is 6.04 Å². The van der Waals surface area contributed by atoms with Crippen molar-refractivity contribution in [1.29, 1.82) is 0 Å². The Bertz CT molecular complexity index is 564. The number of piperidine rings is 1. The van der Waals surface area contributed by atoms with Gasteiger partial charge in [-0.2, -0.15) is 0 Å². The molecule has 3 rings (SSSR count). The number of halogens is 2. The lowest BCUT2D eigenvalue weighted by atomic mass is 9.97. The van der Waals surface area contributed by atoms with Crippen molar-refractivity contribution in [1.82, 2.24) is 10.2 Å². The molecule has 1 aromatic rings. The Hall–Kier alpha value is -1.69. The predicted molar refractivity (Wildman–Crippen MR) is 75.9 cm³/mol. The van der Waals surface area contributed by atoms with Gasteiger partial charge in [-0.05, 0) is 38.3 Å². The van der Waals surface area contributed by atoms with Gasteiger partial charge < -0.3 is 16.0 Å². The quantitative estimate of drug-likeness (QED) is 0.819. The van der Waals surface area contributed by atoms with Gasteiger partial charge in [0.2, 0.25) is 0 Å². The smallest absolute Gasteiger partial charge is 0.253 e. The summed E-state index contributed by atoms with van der Waals surface area (Å²) < 4.78 is 26.3. The van der Waals surface area contributed by atoms with Crippen LogP contribution in [0.15, 0.2) is 12.1 Å². The Kier molecular flexibility index (Phi) is 3.80. The van der Waals surface area contributed by atoms with E-state index < -0.39 is 17.5 Å². The number of nitrogens with two attached hydrogens (primary N) is 1. The van der Waals surface area contributed by atoms with Crippen LogP contribution in [0.4, 0.5) is 14.5 Å². The minimum absolute atomic E-state index is 0.00255. The number of benzene rings is 1. The number of carbonyl (C=O) groups is 1. The van der Waals surface area contributed by atoms with E-state index in [2.05, 4.69) is 10.2 Å². The van der Waals surface area contributed by atoms with Gasteiger partial charge in [0.25, 0.3) is 5.91 Å². The minimum Gasteiger partial charge on any atom is -0.398 e. The molecular weight excluding hydrogens is 276 g/mol. The number of carbonyl (C=O) groups excluding carboxylic acids is 1. The highest BCUT2D eigenvalue weighted by Crippen LogP contribution is 2.27. The monoisotopic (exact) mass is 295 g/mol. The molecule has 2 fully saturated rings. The van der Waals surface area contributed by atoms with Crippen LogP contribution in [-0.4, -0.2) is 36.0 Å². The molecule has 0 aromatic heterocycles. The Morgan fingerprint density at radius 3 is 2.81 bits per heavy atom. The number of nitrogens with one attached hydrogen (secondary N) is 1. The number of fused-ring (bicyclic) bond motifs is 1. The van der Waals surface area contributed by atoms with Crippen molar-refractivity contribution in [3.8, 4) is 0 Å². The first-order chi connectivity index (χ1) is 10.0. The molecule has 0 radical (unpaired) electrons. The first-order valence-electron chi connectivity index (χ1n) is 7.34. The van der Waals surface area contributed by atoms with Gasteiger partial charge in [0.15, 0.2) is 11.6 Å². The zero-order chi connectivity index (χ0) is 15.0. The van der Waals surface area contributed by atoms with E-state index in [4.69, 9.17) is 5.73 Å². The fraction of sp³-hybridized carbons (Fsp3) is 0.533. The van der Waals surface area contributed by atoms with Crippen LogP contribution in [0.5, 0.6) is 0 Å². The number of nitrogen functional groups attached to an aromatic ring is 1. The summed E-state index contributed by atoms with van der Waals surface area (Å²) in [5.41, 5.74) is 5.57. The second-order valence-corrected chi connectivity index (χ2v) is 5.88. The zero-order valence-corrected chi connectivity index (χ0v) is 11.7. The third-order valence-corrected chi connectivity index (χ3v) is 4.49. The lowest BCUT2D eigenvalue weighted by Gasteiger charge is -2.35. The van der Waals surface area contributed by atoms with Crippen molar-refractivity contribution in [2.75, 3.05) is 18.8 Å². The van der Waals surface area contributed by atoms with Crippen LogP contribution in [-0.2, 0) is 0 Å². The molecule has 2 unspecified atom stereocenters. The van der Waals surface area contributed by atoms with Crippen LogP contribution < -0.4 is 11.1 Å². The van der Waals surface area contributed by atoms with Crippen molar-refractivity contribution in [3.05, 3.63) is 29.3 Å². The molecule has 2 atom stereocenters. The molecule has 114 valence electrons. The van der Waals surface area contributed by atoms with Gasteiger partial charge in [-0.15, -0.1) is 0 Å². The summed E-state index contributed by atoms with van der Waals surface area (Å²) in [6, 6.07) is 2.32. The standard InChI is InChI=1S/C15H19F2N3O/c16-12-7-11(14(18)8-13(12)17)15(21)19-9-3-5-20-4-1-2-10(20)6-9/h7-10H,1-6,18H2,(H,19,21). The average molecular weight is 295 g/mol. The van der Waals surface area contributed by atoms with Crippen molar-refractivity contribution < 1.29 is 13.6 Å². The van der Waals surface area contributed by atoms with Crippen molar-refractivity contribution in [2.45, 2.75) is 37.8 Å². The van der Waals surface area contributed by atoms with E-state index in [1.807, 2.05) is 0 Å². The van der Waals surface area contributed by atoms with Gasteiger partial charge in [0.05, 0.1) is 5.56 Å². The zero-order valence-electron chi connectivity index (χ0n) is 11.7. The lowest BCUT2D eigenvalue weighted by molar-refractivity contribution is 0.0896. The van der Waals surface area contributed by atoms with Gasteiger partial charge in [-0.1, -0.05) is 0 Å². The van der Waals surface area contributed by atoms with Crippen LogP contribution in [0.2, 0.25) is 0 Å². The Balaban J connectivity index is 1.68. The highest BCUT2D eigenvalue weighted by atomic mass is 19.2. The Morgan fingerprint density at radius 1 is 1.24 bits per heavy atom. The van der Waals surface area contributed by atoms with Gasteiger partial charge >= 0.3 is 0 Å². The van der Waals surface area contributed by atoms with Crippen LogP contribution in [0, 0.1) is 11.6 Å². The summed E-state index contributed by atoms with van der Waals surface area (Å²) in [6.45, 7) is 2.12. The summed E-state index contributed by atoms with van der Waals surface area (Å²) >= 11 is 0. The lowest BCUT2D eigenvalue weighted by Crippen LogP contribution is -2.47. The maximum absolute atomic E-state index is 13.3. The molecule has 0 spiro atoms. The molecule has 4 nitrogen and oxygen atoms in total. The molecule has 3 N–H and O–H groups in total. The summed E-state index contributed by atoms with van der Waals surface area (Å²) in [6.07, 6.45) is 4.17. The second-order valence-electron chi connectivity index (χ2n) is 5.88. The number of hydrogen-bond acceptors (Lipinski definition) is 3. The molecular formula is C15H19F2N3O. The molecule has 1 aromatic carbocycles. The van der Waals surface area contributed by atoms with E-state index in [1.54, 1.807) is 0 Å². The molecule has 21 heavy (non-hydrogen) atoms. The molecule has 2 saturated heterocycles. The van der Waals surface area contributed by atoms with E-state index in [9.17, 15) is 13.6 Å². The maximum Gasteiger partial charge on any atom is 0.253 e. The first kappa shape index (κ1) is 14.3. The number of hydrogen-bond donors (Lipinski definition) is 2. The van der Waals surface area contributed by atoms with Crippen LogP contribution in [0.25, 0.3) is 0 Å². The van der Waals surface area contributed by atoms with Crippen molar-refractivity contribution in [3.63, 3.8) is 0 Å². The fourth-order valence-corrected chi connectivity index (χ4v) is 3.38. The minimum atomic E-state index is -1.06. The van der Waals surface area contributed by atoms with Crippen LogP contribution in [0.3, 0.4) is 0 Å². The summed E-state index contributed by atoms with van der Waals surface area (Å²) in [5, 5.41) is 2.90. The van der Waals surface area contributed by atoms with Crippen LogP contribution in [0.1, 0.15) is 36.0 Å². The summed E-state index contributed by atoms with van der Waals surface area (Å²) in [5.74, 6) is -2.52. The molecule has 1 amide bonds. The summed E-state index contributed by atoms with van der Waals surface area (Å²) in [7, 11) is 0. The van der Waals surface area contributed by atoms with E-state index in [0.717, 1.165) is 38.1 Å². The predicted octanol–water partition coefficient (Wildman–Crippen LogP) is 1.90. The van der Waals surface area contributed by atoms with E-state index >= 15 is 0 Å². The highest BCUT2D eigenvalue weighted by Gasteiger charge is 2.32. The topological polar surface area (TPSA) is 58.4 Å². The average Bonchev–Trinajstić information content (AvgIpc) is 2.90. The molecule has 0 aliphatic carbocycles. The van der Waals surface area contributed by atoms with Crippen molar-refractivity contribution >= 4 is 11.6 Å². The van der Waals surface area contributed by atoms with E-state index in [1.165, 1.54) is 12.8 Å². The normalized spacial score (nSPS) is 25.6. The van der Waals surface area contributed by atoms with Gasteiger partial charge in [-0.3, -0.25) is 4.79 Å². The third kappa shape index (κ3) is 2.85. The van der Waals surface area contributed by atoms with Gasteiger partial charge in [0.1, 0.15) is 0 Å². The van der Waals surface area contributed by atoms with Gasteiger partial charge in [-0.25, -0.2) is 8.78 Å². The molecule has 0 saturated carbocycles. The molecule has 2 aliphatic heterocycles. The largest absolute Gasteiger partial charge is 0.398 e. The van der Waals surface area contributed by atoms with E-state index in [-0.39, 0.29) is 17.3 Å². The molecule has 6 heteroatoms. The maximum atomic E-state index is 13.3. The fourth-order valence-electron chi connectivity index (χ4n) is 3.38. The Morgan fingerprint density at radius 2 is 2.00 bits per heavy atom. The van der Waals surface area contributed by atoms with Crippen LogP contribution >= 0.6 is 0 Å². The Labute approximate surface area is 122 Å². The SMILES string of the molecule is Nc1cc(F)c(F)cc1C(=O)NC1CCN2CCCC2C1. The number of amides is 1. The number of nitrogens with zero attached hydrogens (tertiary/aromatic N) is 1. The third-order valence-electron chi connectivity index (χ3n) is 4.49. The molecule has 0 bridgehead atoms. The molecule has 2 heterocycles. The highest BCUT2D eigenvalue weighted by molar-refractivity contribution is 5.99. The number of anilines is 1. The number of rotatable bonds is 2. The van der Waals surface area contributed by atoms with Gasteiger partial charge in [0, 0.05) is 30.4 Å². The summed E-state index contributed by atoms with van der Waals surface area (Å²) in [4.78, 5) is 14.6. The second kappa shape index (κ2) is 5.60. The van der Waals surface area contributed by atoms with Crippen molar-refractivity contribution in [2.24, 2.45) is 0 Å².